The minimum atomic E-state index is -0.636. The number of nitro benzene ring substituents is 1. The highest BCUT2D eigenvalue weighted by Crippen LogP contribution is 2.28. The Morgan fingerprint density at radius 3 is 2.72 bits per heavy atom. The summed E-state index contributed by atoms with van der Waals surface area (Å²) in [6.07, 6.45) is 0. The average Bonchev–Trinajstić information content (AvgIpc) is 3.03. The lowest BCUT2D eigenvalue weighted by atomic mass is 10.1. The molecule has 1 saturated heterocycles. The van der Waals surface area contributed by atoms with Gasteiger partial charge in [0.25, 0.3) is 5.69 Å². The summed E-state index contributed by atoms with van der Waals surface area (Å²) in [5.41, 5.74) is 0.00397. The summed E-state index contributed by atoms with van der Waals surface area (Å²) >= 11 is 0. The lowest BCUT2D eigenvalue weighted by Crippen LogP contribution is -2.41. The molecule has 0 bridgehead atoms. The normalized spacial score (nSPS) is 16.6. The number of ether oxygens (including phenoxy) is 1. The van der Waals surface area contributed by atoms with Crippen LogP contribution >= 0.6 is 0 Å². The second kappa shape index (κ2) is 7.62. The van der Waals surface area contributed by atoms with Gasteiger partial charge in [-0.3, -0.25) is 15.0 Å². The van der Waals surface area contributed by atoms with Gasteiger partial charge in [0.15, 0.2) is 0 Å². The van der Waals surface area contributed by atoms with Crippen molar-refractivity contribution in [2.45, 2.75) is 13.0 Å². The van der Waals surface area contributed by atoms with E-state index in [2.05, 4.69) is 10.2 Å². The smallest absolute Gasteiger partial charge is 0.295 e. The summed E-state index contributed by atoms with van der Waals surface area (Å²) < 4.78 is 24.5. The van der Waals surface area contributed by atoms with Crippen LogP contribution in [0.5, 0.6) is 0 Å². The molecule has 134 valence electrons. The first kappa shape index (κ1) is 17.4. The zero-order valence-corrected chi connectivity index (χ0v) is 13.9. The second-order valence-electron chi connectivity index (χ2n) is 5.91. The number of furan rings is 1. The van der Waals surface area contributed by atoms with E-state index in [0.29, 0.717) is 19.8 Å². The third kappa shape index (κ3) is 4.15. The topological polar surface area (TPSA) is 80.8 Å². The molecule has 1 atom stereocenters. The molecular weight excluding hydrogens is 329 g/mol. The van der Waals surface area contributed by atoms with Gasteiger partial charge >= 0.3 is 0 Å². The van der Waals surface area contributed by atoms with Crippen LogP contribution in [0.2, 0.25) is 0 Å². The van der Waals surface area contributed by atoms with Crippen molar-refractivity contribution >= 4 is 11.4 Å². The first-order valence-corrected chi connectivity index (χ1v) is 8.10. The Hall–Kier alpha value is -2.45. The number of rotatable bonds is 6. The molecule has 0 spiro atoms. The first-order valence-electron chi connectivity index (χ1n) is 8.10. The summed E-state index contributed by atoms with van der Waals surface area (Å²) in [4.78, 5) is 12.8. The number of halogens is 1. The highest BCUT2D eigenvalue weighted by Gasteiger charge is 2.26. The molecule has 1 aromatic carbocycles. The van der Waals surface area contributed by atoms with Crippen molar-refractivity contribution in [2.75, 3.05) is 38.2 Å². The van der Waals surface area contributed by atoms with E-state index in [1.54, 1.807) is 0 Å². The molecule has 25 heavy (non-hydrogen) atoms. The second-order valence-corrected chi connectivity index (χ2v) is 5.91. The van der Waals surface area contributed by atoms with Crippen LogP contribution in [0.3, 0.4) is 0 Å². The van der Waals surface area contributed by atoms with E-state index >= 15 is 0 Å². The van der Waals surface area contributed by atoms with Crippen molar-refractivity contribution in [1.29, 1.82) is 0 Å². The first-order chi connectivity index (χ1) is 12.0. The van der Waals surface area contributed by atoms with Crippen LogP contribution in [-0.4, -0.2) is 42.7 Å². The van der Waals surface area contributed by atoms with Crippen LogP contribution in [0.25, 0.3) is 0 Å². The van der Waals surface area contributed by atoms with Gasteiger partial charge in [-0.05, 0) is 31.2 Å². The van der Waals surface area contributed by atoms with E-state index in [0.717, 1.165) is 30.7 Å². The molecular formula is C17H20FN3O4. The summed E-state index contributed by atoms with van der Waals surface area (Å²) in [6.45, 7) is 5.03. The highest BCUT2D eigenvalue weighted by molar-refractivity contribution is 5.61. The number of anilines is 1. The maximum atomic E-state index is 13.3. The van der Waals surface area contributed by atoms with Gasteiger partial charge in [-0.1, -0.05) is 0 Å². The Morgan fingerprint density at radius 1 is 1.32 bits per heavy atom. The molecule has 8 heteroatoms. The van der Waals surface area contributed by atoms with Crippen LogP contribution in [0, 0.1) is 22.9 Å². The molecule has 7 nitrogen and oxygen atoms in total. The summed E-state index contributed by atoms with van der Waals surface area (Å²) in [6, 6.07) is 7.22. The Morgan fingerprint density at radius 2 is 2.08 bits per heavy atom. The predicted molar refractivity (Wildman–Crippen MR) is 90.1 cm³/mol. The van der Waals surface area contributed by atoms with Crippen LogP contribution in [0.4, 0.5) is 15.8 Å². The third-order valence-electron chi connectivity index (χ3n) is 4.22. The minimum absolute atomic E-state index is 0.0951. The van der Waals surface area contributed by atoms with Crippen molar-refractivity contribution in [3.8, 4) is 0 Å². The number of hydrogen-bond acceptors (Lipinski definition) is 6. The van der Waals surface area contributed by atoms with Gasteiger partial charge in [0.1, 0.15) is 23.0 Å². The maximum Gasteiger partial charge on any atom is 0.295 e. The Bertz CT molecular complexity index is 743. The monoisotopic (exact) mass is 349 g/mol. The van der Waals surface area contributed by atoms with E-state index in [1.165, 1.54) is 12.1 Å². The van der Waals surface area contributed by atoms with Gasteiger partial charge in [0.05, 0.1) is 30.2 Å². The highest BCUT2D eigenvalue weighted by atomic mass is 19.1. The molecule has 1 N–H and O–H groups in total. The van der Waals surface area contributed by atoms with Crippen LogP contribution in [0.15, 0.2) is 34.7 Å². The van der Waals surface area contributed by atoms with Crippen molar-refractivity contribution in [1.82, 2.24) is 4.90 Å². The van der Waals surface area contributed by atoms with Gasteiger partial charge in [0.2, 0.25) is 0 Å². The zero-order valence-electron chi connectivity index (χ0n) is 13.9. The number of morpholine rings is 1. The van der Waals surface area contributed by atoms with E-state index < -0.39 is 10.7 Å². The molecule has 1 aliphatic heterocycles. The van der Waals surface area contributed by atoms with Gasteiger partial charge < -0.3 is 14.5 Å². The fourth-order valence-electron chi connectivity index (χ4n) is 2.94. The average molecular weight is 349 g/mol. The van der Waals surface area contributed by atoms with E-state index in [4.69, 9.17) is 9.15 Å². The summed E-state index contributed by atoms with van der Waals surface area (Å²) in [7, 11) is 0. The number of aryl methyl sites for hydroxylation is 1. The SMILES string of the molecule is Cc1ccc(C(CNc2ccc(F)cc2[N+](=O)[O-])N2CCOCC2)o1. The zero-order chi connectivity index (χ0) is 17.8. The molecule has 0 radical (unpaired) electrons. The molecule has 2 heterocycles. The summed E-state index contributed by atoms with van der Waals surface area (Å²) in [5.74, 6) is 0.960. The molecule has 1 fully saturated rings. The molecule has 0 amide bonds. The van der Waals surface area contributed by atoms with Crippen LogP contribution in [-0.2, 0) is 4.74 Å². The molecule has 2 aromatic rings. The molecule has 1 aliphatic rings. The lowest BCUT2D eigenvalue weighted by molar-refractivity contribution is -0.384. The largest absolute Gasteiger partial charge is 0.465 e. The number of nitrogens with one attached hydrogen (secondary N) is 1. The van der Waals surface area contributed by atoms with Gasteiger partial charge in [-0.15, -0.1) is 0 Å². The van der Waals surface area contributed by atoms with Crippen LogP contribution < -0.4 is 5.32 Å². The fraction of sp³-hybridized carbons (Fsp3) is 0.412. The molecule has 0 aliphatic carbocycles. The van der Waals surface area contributed by atoms with Crippen molar-refractivity contribution in [3.63, 3.8) is 0 Å². The number of nitrogens with zero attached hydrogens (tertiary/aromatic N) is 2. The minimum Gasteiger partial charge on any atom is -0.465 e. The third-order valence-corrected chi connectivity index (χ3v) is 4.22. The molecule has 0 saturated carbocycles. The number of nitro groups is 1. The Balaban J connectivity index is 1.80. The van der Waals surface area contributed by atoms with E-state index in [1.807, 2.05) is 19.1 Å². The predicted octanol–water partition coefficient (Wildman–Crippen LogP) is 3.12. The van der Waals surface area contributed by atoms with E-state index in [9.17, 15) is 14.5 Å². The van der Waals surface area contributed by atoms with Gasteiger partial charge in [0, 0.05) is 19.6 Å². The van der Waals surface area contributed by atoms with Crippen molar-refractivity contribution in [2.24, 2.45) is 0 Å². The molecule has 1 aromatic heterocycles. The Kier molecular flexibility index (Phi) is 5.30. The van der Waals surface area contributed by atoms with Crippen molar-refractivity contribution in [3.05, 3.63) is 57.8 Å². The van der Waals surface area contributed by atoms with Gasteiger partial charge in [-0.2, -0.15) is 0 Å². The lowest BCUT2D eigenvalue weighted by Gasteiger charge is -2.33. The van der Waals surface area contributed by atoms with Crippen molar-refractivity contribution < 1.29 is 18.5 Å². The quantitative estimate of drug-likeness (QED) is 0.637. The molecule has 1 unspecified atom stereocenters. The summed E-state index contributed by atoms with van der Waals surface area (Å²) in [5, 5.41) is 14.2. The number of hydrogen-bond donors (Lipinski definition) is 1. The number of benzene rings is 1. The van der Waals surface area contributed by atoms with Crippen LogP contribution in [0.1, 0.15) is 17.6 Å². The Labute approximate surface area is 144 Å². The standard InChI is InChI=1S/C17H20FN3O4/c1-12-2-5-17(25-12)16(20-6-8-24-9-7-20)11-19-14-4-3-13(18)10-15(14)21(22)23/h2-5,10,16,19H,6-9,11H2,1H3. The molecule has 3 rings (SSSR count). The van der Waals surface area contributed by atoms with E-state index in [-0.39, 0.29) is 17.4 Å². The van der Waals surface area contributed by atoms with Gasteiger partial charge in [-0.25, -0.2) is 4.39 Å². The maximum absolute atomic E-state index is 13.3. The fourth-order valence-corrected chi connectivity index (χ4v) is 2.94.